The molecule has 0 bridgehead atoms. The van der Waals surface area contributed by atoms with Crippen LogP contribution in [0.25, 0.3) is 11.0 Å². The minimum atomic E-state index is -0.552. The van der Waals surface area contributed by atoms with Crippen molar-refractivity contribution in [3.63, 3.8) is 0 Å². The van der Waals surface area contributed by atoms with Crippen LogP contribution in [0.1, 0.15) is 65.4 Å². The second-order valence-corrected chi connectivity index (χ2v) is 8.40. The zero-order chi connectivity index (χ0) is 21.3. The van der Waals surface area contributed by atoms with Crippen molar-refractivity contribution in [3.8, 4) is 11.5 Å². The fourth-order valence-electron chi connectivity index (χ4n) is 3.88. The molecule has 1 aromatic heterocycles. The van der Waals surface area contributed by atoms with Crippen LogP contribution in [0.15, 0.2) is 50.7 Å². The third kappa shape index (κ3) is 4.29. The molecule has 2 aromatic rings. The lowest BCUT2D eigenvalue weighted by molar-refractivity contribution is -0.114. The Hall–Kier alpha value is -2.82. The molecule has 154 valence electrons. The normalized spacial score (nSPS) is 21.0. The fraction of sp³-hybridized carbons (Fsp3) is 0.417. The van der Waals surface area contributed by atoms with E-state index < -0.39 is 11.2 Å². The molecule has 0 amide bonds. The molecule has 0 radical (unpaired) electrons. The molecule has 0 unspecified atom stereocenters. The molecule has 3 rings (SSSR count). The first kappa shape index (κ1) is 20.9. The highest BCUT2D eigenvalue weighted by Gasteiger charge is 2.44. The molecule has 0 saturated heterocycles. The van der Waals surface area contributed by atoms with E-state index in [1.165, 1.54) is 6.07 Å². The average Bonchev–Trinajstić information content (AvgIpc) is 2.86. The first-order valence-corrected chi connectivity index (χ1v) is 9.93. The molecule has 5 nitrogen and oxygen atoms in total. The molecule has 1 N–H and O–H groups in total. The summed E-state index contributed by atoms with van der Waals surface area (Å²) in [5, 5.41) is 10.4. The van der Waals surface area contributed by atoms with E-state index in [1.807, 2.05) is 34.6 Å². The SMILES string of the molecule is CC(C)=CC(=O)C/C(C)=C/CC[C@]1(C)Oc2c(c(=O)oc3cc(O)ccc23)[C@H]1C. The monoisotopic (exact) mass is 396 g/mol. The molecule has 1 aliphatic rings. The lowest BCUT2D eigenvalue weighted by atomic mass is 9.84. The minimum Gasteiger partial charge on any atom is -0.508 e. The van der Waals surface area contributed by atoms with Crippen LogP contribution in [0.4, 0.5) is 0 Å². The van der Waals surface area contributed by atoms with Crippen LogP contribution in [-0.4, -0.2) is 16.5 Å². The second kappa shape index (κ2) is 7.90. The van der Waals surface area contributed by atoms with Gasteiger partial charge >= 0.3 is 5.63 Å². The Morgan fingerprint density at radius 1 is 1.28 bits per heavy atom. The fourth-order valence-corrected chi connectivity index (χ4v) is 3.88. The average molecular weight is 396 g/mol. The smallest absolute Gasteiger partial charge is 0.343 e. The molecule has 0 saturated carbocycles. The predicted octanol–water partition coefficient (Wildman–Crippen LogP) is 5.41. The minimum absolute atomic E-state index is 0.0395. The number of ether oxygens (including phenoxy) is 1. The van der Waals surface area contributed by atoms with Crippen molar-refractivity contribution in [3.05, 3.63) is 57.5 Å². The van der Waals surface area contributed by atoms with Gasteiger partial charge in [0, 0.05) is 18.4 Å². The lowest BCUT2D eigenvalue weighted by Gasteiger charge is -2.28. The molecule has 0 spiro atoms. The van der Waals surface area contributed by atoms with E-state index >= 15 is 0 Å². The van der Waals surface area contributed by atoms with Gasteiger partial charge in [-0.3, -0.25) is 4.79 Å². The number of phenols is 1. The van der Waals surface area contributed by atoms with Crippen molar-refractivity contribution in [1.29, 1.82) is 0 Å². The topological polar surface area (TPSA) is 76.7 Å². The van der Waals surface area contributed by atoms with Gasteiger partial charge in [-0.25, -0.2) is 4.79 Å². The summed E-state index contributed by atoms with van der Waals surface area (Å²) in [4.78, 5) is 24.5. The number of carbonyl (C=O) groups is 1. The molecule has 0 fully saturated rings. The van der Waals surface area contributed by atoms with E-state index in [-0.39, 0.29) is 17.5 Å². The van der Waals surface area contributed by atoms with E-state index in [9.17, 15) is 14.7 Å². The Morgan fingerprint density at radius 3 is 2.69 bits per heavy atom. The molecule has 2 heterocycles. The van der Waals surface area contributed by atoms with Gasteiger partial charge in [0.15, 0.2) is 5.78 Å². The molecule has 1 aliphatic heterocycles. The van der Waals surface area contributed by atoms with E-state index in [0.717, 1.165) is 17.6 Å². The van der Waals surface area contributed by atoms with Crippen LogP contribution < -0.4 is 10.4 Å². The van der Waals surface area contributed by atoms with Crippen LogP contribution in [0.5, 0.6) is 11.5 Å². The van der Waals surface area contributed by atoms with Gasteiger partial charge in [0.1, 0.15) is 22.7 Å². The Labute approximate surface area is 170 Å². The maximum atomic E-state index is 12.5. The van der Waals surface area contributed by atoms with Crippen LogP contribution in [0.3, 0.4) is 0 Å². The van der Waals surface area contributed by atoms with Gasteiger partial charge in [-0.15, -0.1) is 0 Å². The zero-order valence-corrected chi connectivity index (χ0v) is 17.7. The number of carbonyl (C=O) groups excluding carboxylic acids is 1. The van der Waals surface area contributed by atoms with Crippen LogP contribution in [-0.2, 0) is 4.79 Å². The first-order valence-electron chi connectivity index (χ1n) is 9.93. The van der Waals surface area contributed by atoms with E-state index in [0.29, 0.717) is 35.1 Å². The number of benzene rings is 1. The molecular weight excluding hydrogens is 368 g/mol. The van der Waals surface area contributed by atoms with Crippen molar-refractivity contribution in [2.75, 3.05) is 0 Å². The number of rotatable bonds is 6. The Kier molecular flexibility index (Phi) is 5.69. The van der Waals surface area contributed by atoms with Crippen molar-refractivity contribution < 1.29 is 19.1 Å². The highest BCUT2D eigenvalue weighted by atomic mass is 16.5. The Balaban J connectivity index is 1.79. The number of fused-ring (bicyclic) bond motifs is 3. The van der Waals surface area contributed by atoms with E-state index in [4.69, 9.17) is 9.15 Å². The summed E-state index contributed by atoms with van der Waals surface area (Å²) in [6.45, 7) is 9.76. The number of phenolic OH excluding ortho intramolecular Hbond substituents is 1. The van der Waals surface area contributed by atoms with Crippen LogP contribution in [0.2, 0.25) is 0 Å². The molecular formula is C24H28O5. The molecule has 5 heteroatoms. The summed E-state index contributed by atoms with van der Waals surface area (Å²) in [7, 11) is 0. The summed E-state index contributed by atoms with van der Waals surface area (Å²) in [6, 6.07) is 4.70. The summed E-state index contributed by atoms with van der Waals surface area (Å²) in [5.41, 5.74) is 1.92. The quantitative estimate of drug-likeness (QED) is 0.402. The van der Waals surface area contributed by atoms with Gasteiger partial charge in [0.05, 0.1) is 10.9 Å². The van der Waals surface area contributed by atoms with E-state index in [1.54, 1.807) is 18.2 Å². The van der Waals surface area contributed by atoms with Crippen molar-refractivity contribution in [2.45, 2.75) is 65.4 Å². The number of hydrogen-bond acceptors (Lipinski definition) is 5. The highest BCUT2D eigenvalue weighted by Crippen LogP contribution is 2.48. The lowest BCUT2D eigenvalue weighted by Crippen LogP contribution is -2.33. The third-order valence-electron chi connectivity index (χ3n) is 5.60. The summed E-state index contributed by atoms with van der Waals surface area (Å²) in [6.07, 6.45) is 5.60. The summed E-state index contributed by atoms with van der Waals surface area (Å²) < 4.78 is 11.7. The Bertz CT molecular complexity index is 1070. The maximum Gasteiger partial charge on any atom is 0.343 e. The molecule has 1 aromatic carbocycles. The van der Waals surface area contributed by atoms with Gasteiger partial charge < -0.3 is 14.3 Å². The summed E-state index contributed by atoms with van der Waals surface area (Å²) >= 11 is 0. The number of aromatic hydroxyl groups is 1. The molecule has 0 aliphatic carbocycles. The van der Waals surface area contributed by atoms with Gasteiger partial charge in [-0.1, -0.05) is 24.1 Å². The van der Waals surface area contributed by atoms with Gasteiger partial charge in [0.2, 0.25) is 0 Å². The van der Waals surface area contributed by atoms with Crippen LogP contribution in [0, 0.1) is 0 Å². The third-order valence-corrected chi connectivity index (χ3v) is 5.60. The zero-order valence-electron chi connectivity index (χ0n) is 17.7. The van der Waals surface area contributed by atoms with Crippen molar-refractivity contribution in [1.82, 2.24) is 0 Å². The number of hydrogen-bond donors (Lipinski definition) is 1. The van der Waals surface area contributed by atoms with Crippen LogP contribution >= 0.6 is 0 Å². The van der Waals surface area contributed by atoms with Gasteiger partial charge in [0.25, 0.3) is 0 Å². The largest absolute Gasteiger partial charge is 0.508 e. The summed E-state index contributed by atoms with van der Waals surface area (Å²) in [5.74, 6) is 0.562. The number of ketones is 1. The Morgan fingerprint density at radius 2 is 2.00 bits per heavy atom. The predicted molar refractivity (Wildman–Crippen MR) is 114 cm³/mol. The van der Waals surface area contributed by atoms with Crippen molar-refractivity contribution in [2.24, 2.45) is 0 Å². The molecule has 29 heavy (non-hydrogen) atoms. The van der Waals surface area contributed by atoms with Gasteiger partial charge in [-0.05, 0) is 58.7 Å². The number of allylic oxidation sites excluding steroid dienone is 4. The molecule has 2 atom stereocenters. The second-order valence-electron chi connectivity index (χ2n) is 8.40. The van der Waals surface area contributed by atoms with E-state index in [2.05, 4.69) is 6.08 Å². The van der Waals surface area contributed by atoms with Crippen molar-refractivity contribution >= 4 is 16.8 Å². The highest BCUT2D eigenvalue weighted by molar-refractivity contribution is 5.91. The van der Waals surface area contributed by atoms with Gasteiger partial charge in [-0.2, -0.15) is 0 Å². The standard InChI is InChI=1S/C24H28O5/c1-14(2)11-18(26)12-15(3)7-6-10-24(5)16(4)21-22(29-24)19-9-8-17(25)13-20(19)28-23(21)27/h7-9,11,13,16,25H,6,10,12H2,1-5H3/b15-7+/t16-,24+/m1/s1. The first-order chi connectivity index (χ1) is 13.6. The maximum absolute atomic E-state index is 12.5.